The fourth-order valence-electron chi connectivity index (χ4n) is 2.41. The van der Waals surface area contributed by atoms with Crippen molar-refractivity contribution in [3.8, 4) is 17.4 Å². The number of hydrogen-bond acceptors (Lipinski definition) is 6. The molecular formula is C18H15ClN2O5. The van der Waals surface area contributed by atoms with Gasteiger partial charge in [0, 0.05) is 6.07 Å². The second-order valence-electron chi connectivity index (χ2n) is 5.31. The van der Waals surface area contributed by atoms with E-state index in [1.165, 1.54) is 26.4 Å². The first kappa shape index (κ1) is 17.8. The van der Waals surface area contributed by atoms with Gasteiger partial charge in [-0.3, -0.25) is 0 Å². The van der Waals surface area contributed by atoms with Crippen molar-refractivity contribution in [3.05, 3.63) is 52.8 Å². The van der Waals surface area contributed by atoms with Crippen LogP contribution < -0.4 is 14.2 Å². The summed E-state index contributed by atoms with van der Waals surface area (Å²) < 4.78 is 16.3. The molecule has 0 fully saturated rings. The zero-order valence-electron chi connectivity index (χ0n) is 14.0. The lowest BCUT2D eigenvalue weighted by atomic mass is 10.1. The van der Waals surface area contributed by atoms with Crippen LogP contribution in [-0.4, -0.2) is 35.3 Å². The fraction of sp³-hybridized carbons (Fsp3) is 0.167. The lowest BCUT2D eigenvalue weighted by molar-refractivity contribution is 0.0697. The van der Waals surface area contributed by atoms with Gasteiger partial charge in [-0.2, -0.15) is 4.98 Å². The largest absolute Gasteiger partial charge is 0.493 e. The molecule has 0 amide bonds. The highest BCUT2D eigenvalue weighted by atomic mass is 35.5. The normalized spacial score (nSPS) is 10.6. The first-order valence-corrected chi connectivity index (χ1v) is 7.94. The molecule has 0 radical (unpaired) electrons. The van der Waals surface area contributed by atoms with Crippen molar-refractivity contribution in [3.63, 3.8) is 0 Å². The number of carboxylic acid groups (broad SMARTS) is 1. The van der Waals surface area contributed by atoms with Crippen LogP contribution in [0.25, 0.3) is 10.9 Å². The number of fused-ring (bicyclic) bond motifs is 1. The number of ether oxygens (including phenoxy) is 3. The van der Waals surface area contributed by atoms with Crippen molar-refractivity contribution in [2.24, 2.45) is 0 Å². The molecule has 0 unspecified atom stereocenters. The Labute approximate surface area is 154 Å². The van der Waals surface area contributed by atoms with Crippen LogP contribution in [0.15, 0.2) is 36.4 Å². The van der Waals surface area contributed by atoms with Crippen molar-refractivity contribution in [1.82, 2.24) is 9.97 Å². The van der Waals surface area contributed by atoms with E-state index < -0.39 is 5.97 Å². The highest BCUT2D eigenvalue weighted by Crippen LogP contribution is 2.35. The predicted octanol–water partition coefficient (Wildman–Crippen LogP) is 3.58. The molecule has 3 rings (SSSR count). The first-order valence-electron chi connectivity index (χ1n) is 7.56. The van der Waals surface area contributed by atoms with Gasteiger partial charge in [0.15, 0.2) is 11.5 Å². The second kappa shape index (κ2) is 7.45. The third-order valence-corrected chi connectivity index (χ3v) is 3.88. The van der Waals surface area contributed by atoms with Crippen molar-refractivity contribution < 1.29 is 24.1 Å². The number of halogens is 1. The second-order valence-corrected chi connectivity index (χ2v) is 5.65. The SMILES string of the molecule is COc1cc2nc(Cl)nc(OCc3ccc(C(=O)O)cc3)c2cc1OC. The summed E-state index contributed by atoms with van der Waals surface area (Å²) in [5, 5.41) is 9.60. The Bertz CT molecular complexity index is 960. The number of carboxylic acids is 1. The van der Waals surface area contributed by atoms with Gasteiger partial charge in [0.05, 0.1) is 30.7 Å². The van der Waals surface area contributed by atoms with Crippen molar-refractivity contribution in [1.29, 1.82) is 0 Å². The summed E-state index contributed by atoms with van der Waals surface area (Å²) in [6.07, 6.45) is 0. The summed E-state index contributed by atoms with van der Waals surface area (Å²) in [6.45, 7) is 0.191. The minimum Gasteiger partial charge on any atom is -0.493 e. The summed E-state index contributed by atoms with van der Waals surface area (Å²) in [5.41, 5.74) is 1.55. The summed E-state index contributed by atoms with van der Waals surface area (Å²) >= 11 is 5.99. The molecule has 8 heteroatoms. The molecule has 0 saturated carbocycles. The highest BCUT2D eigenvalue weighted by Gasteiger charge is 2.14. The Morgan fingerprint density at radius 3 is 2.35 bits per heavy atom. The molecule has 134 valence electrons. The standard InChI is InChI=1S/C18H15ClN2O5/c1-24-14-7-12-13(8-15(14)25-2)20-18(19)21-16(12)26-9-10-3-5-11(6-4-10)17(22)23/h3-8H,9H2,1-2H3,(H,22,23). The fourth-order valence-corrected chi connectivity index (χ4v) is 2.57. The van der Waals surface area contributed by atoms with Crippen molar-refractivity contribution >= 4 is 28.5 Å². The van der Waals surface area contributed by atoms with E-state index in [0.29, 0.717) is 28.3 Å². The molecular weight excluding hydrogens is 360 g/mol. The van der Waals surface area contributed by atoms with E-state index in [2.05, 4.69) is 9.97 Å². The van der Waals surface area contributed by atoms with E-state index >= 15 is 0 Å². The number of hydrogen-bond donors (Lipinski definition) is 1. The van der Waals surface area contributed by atoms with E-state index in [9.17, 15) is 4.79 Å². The Morgan fingerprint density at radius 2 is 1.73 bits per heavy atom. The van der Waals surface area contributed by atoms with E-state index in [1.54, 1.807) is 24.3 Å². The number of rotatable bonds is 6. The maximum Gasteiger partial charge on any atom is 0.335 e. The summed E-state index contributed by atoms with van der Waals surface area (Å²) in [6, 6.07) is 9.79. The van der Waals surface area contributed by atoms with Crippen molar-refractivity contribution in [2.45, 2.75) is 6.61 Å². The van der Waals surface area contributed by atoms with Gasteiger partial charge in [-0.15, -0.1) is 0 Å². The first-order chi connectivity index (χ1) is 12.5. The Balaban J connectivity index is 1.92. The average Bonchev–Trinajstić information content (AvgIpc) is 2.65. The Hall–Kier alpha value is -3.06. The maximum absolute atomic E-state index is 10.9. The topological polar surface area (TPSA) is 90.8 Å². The number of benzene rings is 2. The molecule has 0 spiro atoms. The molecule has 1 N–H and O–H groups in total. The smallest absolute Gasteiger partial charge is 0.335 e. The van der Waals surface area contributed by atoms with E-state index in [1.807, 2.05) is 0 Å². The Kier molecular flexibility index (Phi) is 5.09. The molecule has 0 aliphatic carbocycles. The minimum absolute atomic E-state index is 0.0425. The number of carbonyl (C=O) groups is 1. The molecule has 0 aliphatic heterocycles. The van der Waals surface area contributed by atoms with Gasteiger partial charge in [-0.25, -0.2) is 9.78 Å². The van der Waals surface area contributed by atoms with Gasteiger partial charge < -0.3 is 19.3 Å². The minimum atomic E-state index is -0.980. The molecule has 1 aromatic heterocycles. The van der Waals surface area contributed by atoms with Crippen LogP contribution >= 0.6 is 11.6 Å². The summed E-state index contributed by atoms with van der Waals surface area (Å²) in [7, 11) is 3.07. The van der Waals surface area contributed by atoms with Crippen LogP contribution in [0, 0.1) is 0 Å². The molecule has 1 heterocycles. The molecule has 0 saturated heterocycles. The monoisotopic (exact) mass is 374 g/mol. The Morgan fingerprint density at radius 1 is 1.08 bits per heavy atom. The van der Waals surface area contributed by atoms with Crippen LogP contribution in [-0.2, 0) is 6.61 Å². The quantitative estimate of drug-likeness (QED) is 0.659. The number of nitrogens with zero attached hydrogens (tertiary/aromatic N) is 2. The number of methoxy groups -OCH3 is 2. The van der Waals surface area contributed by atoms with Gasteiger partial charge in [-0.1, -0.05) is 12.1 Å². The van der Waals surface area contributed by atoms with E-state index in [-0.39, 0.29) is 17.5 Å². The molecule has 0 aliphatic rings. The zero-order chi connectivity index (χ0) is 18.7. The molecule has 7 nitrogen and oxygen atoms in total. The van der Waals surface area contributed by atoms with Crippen LogP contribution in [0.3, 0.4) is 0 Å². The highest BCUT2D eigenvalue weighted by molar-refractivity contribution is 6.28. The molecule has 0 atom stereocenters. The van der Waals surface area contributed by atoms with Gasteiger partial charge in [0.2, 0.25) is 11.2 Å². The summed E-state index contributed by atoms with van der Waals surface area (Å²) in [4.78, 5) is 19.2. The molecule has 2 aromatic carbocycles. The van der Waals surface area contributed by atoms with Crippen molar-refractivity contribution in [2.75, 3.05) is 14.2 Å². The van der Waals surface area contributed by atoms with Crippen LogP contribution in [0.4, 0.5) is 0 Å². The lowest BCUT2D eigenvalue weighted by Crippen LogP contribution is -2.01. The van der Waals surface area contributed by atoms with E-state index in [4.69, 9.17) is 30.9 Å². The van der Waals surface area contributed by atoms with Gasteiger partial charge in [-0.05, 0) is 35.4 Å². The van der Waals surface area contributed by atoms with Crippen LogP contribution in [0.5, 0.6) is 17.4 Å². The van der Waals surface area contributed by atoms with Gasteiger partial charge in [0.25, 0.3) is 0 Å². The number of aromatic nitrogens is 2. The molecule has 26 heavy (non-hydrogen) atoms. The number of aromatic carboxylic acids is 1. The zero-order valence-corrected chi connectivity index (χ0v) is 14.8. The predicted molar refractivity (Wildman–Crippen MR) is 95.4 cm³/mol. The van der Waals surface area contributed by atoms with Crippen LogP contribution in [0.2, 0.25) is 5.28 Å². The van der Waals surface area contributed by atoms with Gasteiger partial charge >= 0.3 is 5.97 Å². The third kappa shape index (κ3) is 3.62. The summed E-state index contributed by atoms with van der Waals surface area (Å²) in [5.74, 6) is 0.349. The average molecular weight is 375 g/mol. The molecule has 3 aromatic rings. The van der Waals surface area contributed by atoms with Gasteiger partial charge in [0.1, 0.15) is 6.61 Å². The molecule has 0 bridgehead atoms. The van der Waals surface area contributed by atoms with Crippen LogP contribution in [0.1, 0.15) is 15.9 Å². The lowest BCUT2D eigenvalue weighted by Gasteiger charge is -2.12. The van der Waals surface area contributed by atoms with E-state index in [0.717, 1.165) is 5.56 Å². The maximum atomic E-state index is 10.9. The third-order valence-electron chi connectivity index (χ3n) is 3.72.